The van der Waals surface area contributed by atoms with Gasteiger partial charge in [-0.15, -0.1) is 0 Å². The van der Waals surface area contributed by atoms with Crippen molar-refractivity contribution >= 4 is 43.7 Å². The molecule has 224 valence electrons. The highest BCUT2D eigenvalue weighted by Gasteiger charge is 2.59. The second-order valence-electron chi connectivity index (χ2n) is 15.1. The number of hydrazone groups is 1. The van der Waals surface area contributed by atoms with Gasteiger partial charge in [0.25, 0.3) is 0 Å². The van der Waals surface area contributed by atoms with Crippen molar-refractivity contribution in [1.82, 2.24) is 15.0 Å². The molecular weight excluding hydrogens is 534 g/mol. The van der Waals surface area contributed by atoms with E-state index in [9.17, 15) is 0 Å². The standard InChI is InChI=1S/C36H49N5S/c1-22(2)9-8-10-23(3)27-15-16-28-26-14-13-24-21-25(17-19-35(24,4)29(26)18-20-36(27,28)5)40-41-34-39-32-33(42-34)38-31-12-7-6-11-30(31)37-32/h6-7,11-13,22-23,26-29H,8-10,14-21H2,1-5H3,(H,37,39,41)/b40-25+. The number of benzene rings is 1. The molecule has 3 fully saturated rings. The minimum Gasteiger partial charge on any atom is -0.253 e. The van der Waals surface area contributed by atoms with E-state index in [4.69, 9.17) is 15.1 Å². The smallest absolute Gasteiger partial charge is 0.207 e. The Morgan fingerprint density at radius 1 is 0.976 bits per heavy atom. The van der Waals surface area contributed by atoms with Crippen molar-refractivity contribution in [3.8, 4) is 0 Å². The van der Waals surface area contributed by atoms with E-state index in [0.29, 0.717) is 16.5 Å². The monoisotopic (exact) mass is 583 g/mol. The number of hydrogen-bond donors (Lipinski definition) is 1. The van der Waals surface area contributed by atoms with Gasteiger partial charge in [0.2, 0.25) is 5.13 Å². The lowest BCUT2D eigenvalue weighted by Gasteiger charge is -2.58. The van der Waals surface area contributed by atoms with Crippen LogP contribution in [0.4, 0.5) is 5.13 Å². The maximum atomic E-state index is 4.89. The maximum Gasteiger partial charge on any atom is 0.207 e. The highest BCUT2D eigenvalue weighted by Crippen LogP contribution is 2.67. The lowest BCUT2D eigenvalue weighted by atomic mass is 9.47. The predicted octanol–water partition coefficient (Wildman–Crippen LogP) is 10.0. The molecule has 7 atom stereocenters. The Morgan fingerprint density at radius 2 is 1.79 bits per heavy atom. The molecule has 42 heavy (non-hydrogen) atoms. The van der Waals surface area contributed by atoms with E-state index in [-0.39, 0.29) is 0 Å². The average molecular weight is 584 g/mol. The summed E-state index contributed by atoms with van der Waals surface area (Å²) >= 11 is 1.54. The Labute approximate surface area is 256 Å². The molecule has 0 spiro atoms. The van der Waals surface area contributed by atoms with E-state index in [0.717, 1.165) is 69.3 Å². The van der Waals surface area contributed by atoms with Gasteiger partial charge in [-0.3, -0.25) is 5.43 Å². The Balaban J connectivity index is 1.04. The first-order valence-corrected chi connectivity index (χ1v) is 17.6. The molecule has 7 rings (SSSR count). The molecule has 1 N–H and O–H groups in total. The second kappa shape index (κ2) is 11.0. The zero-order valence-electron chi connectivity index (χ0n) is 26.3. The lowest BCUT2D eigenvalue weighted by Crippen LogP contribution is -2.50. The van der Waals surface area contributed by atoms with Crippen LogP contribution in [-0.2, 0) is 0 Å². The summed E-state index contributed by atoms with van der Waals surface area (Å²) in [6, 6.07) is 7.99. The molecule has 3 aromatic rings. The Bertz CT molecular complexity index is 1470. The van der Waals surface area contributed by atoms with Gasteiger partial charge in [0.1, 0.15) is 0 Å². The number of rotatable bonds is 7. The molecule has 6 heteroatoms. The zero-order valence-corrected chi connectivity index (χ0v) is 27.1. The summed E-state index contributed by atoms with van der Waals surface area (Å²) in [6.45, 7) is 12.7. The van der Waals surface area contributed by atoms with Crippen LogP contribution in [0.25, 0.3) is 21.5 Å². The summed E-state index contributed by atoms with van der Waals surface area (Å²) < 4.78 is 0. The molecule has 5 nitrogen and oxygen atoms in total. The molecule has 0 bridgehead atoms. The molecule has 0 saturated heterocycles. The fourth-order valence-electron chi connectivity index (χ4n) is 10.1. The largest absolute Gasteiger partial charge is 0.253 e. The average Bonchev–Trinajstić information content (AvgIpc) is 3.54. The van der Waals surface area contributed by atoms with Crippen molar-refractivity contribution in [3.05, 3.63) is 35.9 Å². The first kappa shape index (κ1) is 28.4. The Morgan fingerprint density at radius 3 is 2.60 bits per heavy atom. The first-order valence-electron chi connectivity index (χ1n) is 16.8. The van der Waals surface area contributed by atoms with E-state index in [2.05, 4.69) is 51.1 Å². The van der Waals surface area contributed by atoms with E-state index in [1.165, 1.54) is 74.8 Å². The van der Waals surface area contributed by atoms with Gasteiger partial charge in [0, 0.05) is 12.1 Å². The number of nitrogens with one attached hydrogen (secondary N) is 1. The number of nitrogens with zero attached hydrogens (tertiary/aromatic N) is 4. The van der Waals surface area contributed by atoms with Crippen LogP contribution >= 0.6 is 11.3 Å². The third-order valence-electron chi connectivity index (χ3n) is 12.4. The second-order valence-corrected chi connectivity index (χ2v) is 16.1. The van der Waals surface area contributed by atoms with Crippen molar-refractivity contribution in [2.75, 3.05) is 5.43 Å². The Hall–Kier alpha value is -2.34. The van der Waals surface area contributed by atoms with E-state index >= 15 is 0 Å². The summed E-state index contributed by atoms with van der Waals surface area (Å²) in [7, 11) is 0. The van der Waals surface area contributed by atoms with Crippen molar-refractivity contribution < 1.29 is 0 Å². The zero-order chi connectivity index (χ0) is 29.1. The molecule has 1 aromatic carbocycles. The van der Waals surface area contributed by atoms with Crippen LogP contribution in [0, 0.1) is 46.3 Å². The number of allylic oxidation sites excluding steroid dienone is 2. The summed E-state index contributed by atoms with van der Waals surface area (Å²) in [4.78, 5) is 15.0. The van der Waals surface area contributed by atoms with Gasteiger partial charge in [-0.1, -0.05) is 89.0 Å². The lowest BCUT2D eigenvalue weighted by molar-refractivity contribution is -0.0468. The summed E-state index contributed by atoms with van der Waals surface area (Å²) in [5, 5.41) is 5.67. The van der Waals surface area contributed by atoms with Gasteiger partial charge < -0.3 is 0 Å². The van der Waals surface area contributed by atoms with Gasteiger partial charge in [0.15, 0.2) is 10.5 Å². The van der Waals surface area contributed by atoms with Gasteiger partial charge in [-0.2, -0.15) is 10.1 Å². The molecule has 4 aliphatic rings. The van der Waals surface area contributed by atoms with Crippen LogP contribution in [0.5, 0.6) is 0 Å². The van der Waals surface area contributed by atoms with E-state index in [1.807, 2.05) is 24.3 Å². The summed E-state index contributed by atoms with van der Waals surface area (Å²) in [5.74, 6) is 5.27. The van der Waals surface area contributed by atoms with Crippen LogP contribution in [-0.4, -0.2) is 20.7 Å². The van der Waals surface area contributed by atoms with Gasteiger partial charge in [-0.25, -0.2) is 9.97 Å². The molecule has 4 aliphatic carbocycles. The van der Waals surface area contributed by atoms with Gasteiger partial charge >= 0.3 is 0 Å². The topological polar surface area (TPSA) is 63.1 Å². The highest BCUT2D eigenvalue weighted by atomic mass is 32.1. The van der Waals surface area contributed by atoms with Gasteiger partial charge in [-0.05, 0) is 103 Å². The van der Waals surface area contributed by atoms with Crippen LogP contribution in [0.15, 0.2) is 41.0 Å². The molecular formula is C36H49N5S. The minimum atomic E-state index is 0.341. The van der Waals surface area contributed by atoms with Crippen LogP contribution < -0.4 is 5.43 Å². The fourth-order valence-corrected chi connectivity index (χ4v) is 10.8. The minimum absolute atomic E-state index is 0.341. The first-order chi connectivity index (χ1) is 20.2. The number of hydrogen-bond acceptors (Lipinski definition) is 6. The number of fused-ring (bicyclic) bond motifs is 7. The van der Waals surface area contributed by atoms with Crippen LogP contribution in [0.3, 0.4) is 0 Å². The number of thiazole rings is 1. The van der Waals surface area contributed by atoms with Crippen molar-refractivity contribution in [1.29, 1.82) is 0 Å². The Kier molecular flexibility index (Phi) is 7.43. The predicted molar refractivity (Wildman–Crippen MR) is 177 cm³/mol. The van der Waals surface area contributed by atoms with E-state index in [1.54, 1.807) is 5.57 Å². The number of para-hydroxylation sites is 2. The van der Waals surface area contributed by atoms with Crippen LogP contribution in [0.2, 0.25) is 0 Å². The number of anilines is 1. The molecule has 2 heterocycles. The quantitative estimate of drug-likeness (QED) is 0.222. The third-order valence-corrected chi connectivity index (χ3v) is 13.2. The molecule has 0 aliphatic heterocycles. The third kappa shape index (κ3) is 4.90. The van der Waals surface area contributed by atoms with Crippen molar-refractivity contribution in [2.24, 2.45) is 51.4 Å². The maximum absolute atomic E-state index is 4.89. The van der Waals surface area contributed by atoms with Gasteiger partial charge in [0.05, 0.1) is 11.0 Å². The molecule has 7 unspecified atom stereocenters. The molecule has 2 aromatic heterocycles. The van der Waals surface area contributed by atoms with Crippen molar-refractivity contribution in [2.45, 2.75) is 105 Å². The SMILES string of the molecule is CC(C)CCCC(C)C1CCC2C3CC=C4C/C(=N/Nc5nc6nc7ccccc7nc6s5)CCC4(C)C3CCC12C. The van der Waals surface area contributed by atoms with Crippen LogP contribution in [0.1, 0.15) is 105 Å². The normalized spacial score (nSPS) is 34.3. The molecule has 3 saturated carbocycles. The summed E-state index contributed by atoms with van der Waals surface area (Å²) in [5.41, 5.74) is 9.59. The number of aromatic nitrogens is 3. The van der Waals surface area contributed by atoms with Crippen molar-refractivity contribution in [3.63, 3.8) is 0 Å². The van der Waals surface area contributed by atoms with E-state index < -0.39 is 0 Å². The highest BCUT2D eigenvalue weighted by molar-refractivity contribution is 7.21. The fraction of sp³-hybridized carbons (Fsp3) is 0.667. The molecule has 0 radical (unpaired) electrons. The molecule has 0 amide bonds. The summed E-state index contributed by atoms with van der Waals surface area (Å²) in [6.07, 6.45) is 17.3.